The fourth-order valence-electron chi connectivity index (χ4n) is 2.32. The largest absolute Gasteiger partial charge is 0.467 e. The Morgan fingerprint density at radius 2 is 1.73 bits per heavy atom. The van der Waals surface area contributed by atoms with Crippen LogP contribution in [0.4, 0.5) is 13.2 Å². The number of nitrogens with zero attached hydrogens (tertiary/aromatic N) is 2. The number of hydrogen-bond acceptors (Lipinski definition) is 6. The summed E-state index contributed by atoms with van der Waals surface area (Å²) in [7, 11) is -1.00. The van der Waals surface area contributed by atoms with E-state index in [0.29, 0.717) is 4.90 Å². The molecule has 0 aliphatic heterocycles. The van der Waals surface area contributed by atoms with Gasteiger partial charge in [-0.05, 0) is 36.4 Å². The predicted molar refractivity (Wildman–Crippen MR) is 97.8 cm³/mol. The van der Waals surface area contributed by atoms with Gasteiger partial charge in [0.1, 0.15) is 12.3 Å². The number of halogens is 3. The van der Waals surface area contributed by atoms with Crippen LogP contribution in [0, 0.1) is 0 Å². The number of rotatable bonds is 8. The molecule has 12 heteroatoms. The fourth-order valence-corrected chi connectivity index (χ4v) is 3.22. The van der Waals surface area contributed by atoms with Gasteiger partial charge in [0.15, 0.2) is 6.61 Å². The zero-order valence-corrected chi connectivity index (χ0v) is 16.9. The molecule has 30 heavy (non-hydrogen) atoms. The SMILES string of the molecule is CN(C)S(=O)(=O)c1ccc(C(=O)OCC(=O)N(Cc2ccco2)CC(F)(F)F)cc1. The van der Waals surface area contributed by atoms with Crippen molar-refractivity contribution < 1.29 is 40.3 Å². The predicted octanol–water partition coefficient (Wildman–Crippen LogP) is 2.28. The van der Waals surface area contributed by atoms with Gasteiger partial charge >= 0.3 is 12.1 Å². The van der Waals surface area contributed by atoms with Crippen LogP contribution in [0.15, 0.2) is 52.0 Å². The quantitative estimate of drug-likeness (QED) is 0.575. The molecule has 2 rings (SSSR count). The molecular weight excluding hydrogens is 429 g/mol. The van der Waals surface area contributed by atoms with E-state index in [1.807, 2.05) is 0 Å². The first kappa shape index (κ1) is 23.4. The summed E-state index contributed by atoms with van der Waals surface area (Å²) >= 11 is 0. The second-order valence-electron chi connectivity index (χ2n) is 6.33. The lowest BCUT2D eigenvalue weighted by atomic mass is 10.2. The van der Waals surface area contributed by atoms with E-state index >= 15 is 0 Å². The van der Waals surface area contributed by atoms with Crippen molar-refractivity contribution in [2.75, 3.05) is 27.2 Å². The zero-order chi connectivity index (χ0) is 22.5. The normalized spacial score (nSPS) is 12.1. The van der Waals surface area contributed by atoms with Crippen molar-refractivity contribution in [3.8, 4) is 0 Å². The van der Waals surface area contributed by atoms with E-state index in [4.69, 9.17) is 9.15 Å². The Labute approximate surface area is 170 Å². The summed E-state index contributed by atoms with van der Waals surface area (Å²) in [6.45, 7) is -2.91. The molecule has 164 valence electrons. The van der Waals surface area contributed by atoms with Crippen molar-refractivity contribution in [1.82, 2.24) is 9.21 Å². The lowest BCUT2D eigenvalue weighted by Gasteiger charge is -2.22. The Morgan fingerprint density at radius 3 is 2.23 bits per heavy atom. The van der Waals surface area contributed by atoms with Crippen LogP contribution < -0.4 is 0 Å². The lowest BCUT2D eigenvalue weighted by Crippen LogP contribution is -2.40. The molecule has 0 saturated carbocycles. The topological polar surface area (TPSA) is 97.1 Å². The second-order valence-corrected chi connectivity index (χ2v) is 8.48. The first-order chi connectivity index (χ1) is 13.9. The summed E-state index contributed by atoms with van der Waals surface area (Å²) in [5.74, 6) is -1.91. The summed E-state index contributed by atoms with van der Waals surface area (Å²) in [6.07, 6.45) is -3.40. The molecule has 0 atom stereocenters. The summed E-state index contributed by atoms with van der Waals surface area (Å²) < 4.78 is 73.0. The molecule has 0 unspecified atom stereocenters. The van der Waals surface area contributed by atoms with Gasteiger partial charge in [-0.1, -0.05) is 0 Å². The Bertz CT molecular complexity index is 970. The number of hydrogen-bond donors (Lipinski definition) is 0. The molecule has 1 amide bonds. The van der Waals surface area contributed by atoms with Crippen molar-refractivity contribution in [1.29, 1.82) is 0 Å². The highest BCUT2D eigenvalue weighted by Gasteiger charge is 2.33. The zero-order valence-electron chi connectivity index (χ0n) is 16.0. The number of carbonyl (C=O) groups is 2. The van der Waals surface area contributed by atoms with Gasteiger partial charge in [0.2, 0.25) is 10.0 Å². The molecule has 0 N–H and O–H groups in total. The molecule has 1 aromatic heterocycles. The average molecular weight is 448 g/mol. The minimum atomic E-state index is -4.65. The third-order valence-corrected chi connectivity index (χ3v) is 5.67. The molecule has 0 aliphatic carbocycles. The van der Waals surface area contributed by atoms with E-state index < -0.39 is 47.8 Å². The third-order valence-electron chi connectivity index (χ3n) is 3.84. The van der Waals surface area contributed by atoms with Gasteiger partial charge in [-0.25, -0.2) is 17.5 Å². The number of sulfonamides is 1. The van der Waals surface area contributed by atoms with E-state index in [0.717, 1.165) is 4.31 Å². The molecule has 0 fully saturated rings. The fraction of sp³-hybridized carbons (Fsp3) is 0.333. The van der Waals surface area contributed by atoms with Crippen LogP contribution in [0.5, 0.6) is 0 Å². The van der Waals surface area contributed by atoms with Gasteiger partial charge in [-0.3, -0.25) is 4.79 Å². The summed E-state index contributed by atoms with van der Waals surface area (Å²) in [6, 6.07) is 7.60. The molecular formula is C18H19F3N2O6S. The summed E-state index contributed by atoms with van der Waals surface area (Å²) in [4.78, 5) is 24.6. The number of furan rings is 1. The smallest absolute Gasteiger partial charge is 0.406 e. The van der Waals surface area contributed by atoms with Crippen molar-refractivity contribution in [3.63, 3.8) is 0 Å². The highest BCUT2D eigenvalue weighted by atomic mass is 32.2. The maximum Gasteiger partial charge on any atom is 0.406 e. The van der Waals surface area contributed by atoms with Gasteiger partial charge in [0.05, 0.1) is 23.3 Å². The summed E-state index contributed by atoms with van der Waals surface area (Å²) in [5, 5.41) is 0. The molecule has 0 spiro atoms. The Balaban J connectivity index is 2.03. The second kappa shape index (κ2) is 9.30. The van der Waals surface area contributed by atoms with Crippen molar-refractivity contribution in [2.24, 2.45) is 0 Å². The molecule has 1 heterocycles. The van der Waals surface area contributed by atoms with Crippen LogP contribution in [0.1, 0.15) is 16.1 Å². The number of carbonyl (C=O) groups excluding carboxylic acids is 2. The van der Waals surface area contributed by atoms with Crippen molar-refractivity contribution in [3.05, 3.63) is 54.0 Å². The van der Waals surface area contributed by atoms with E-state index in [9.17, 15) is 31.2 Å². The van der Waals surface area contributed by atoms with Gasteiger partial charge < -0.3 is 14.1 Å². The van der Waals surface area contributed by atoms with Crippen LogP contribution in [-0.4, -0.2) is 62.9 Å². The average Bonchev–Trinajstić information content (AvgIpc) is 3.17. The number of amides is 1. The first-order valence-electron chi connectivity index (χ1n) is 8.47. The number of ether oxygens (including phenoxy) is 1. The monoisotopic (exact) mass is 448 g/mol. The van der Waals surface area contributed by atoms with E-state index in [1.54, 1.807) is 0 Å². The highest BCUT2D eigenvalue weighted by molar-refractivity contribution is 7.89. The van der Waals surface area contributed by atoms with Crippen molar-refractivity contribution in [2.45, 2.75) is 17.6 Å². The van der Waals surface area contributed by atoms with Gasteiger partial charge in [0.25, 0.3) is 5.91 Å². The van der Waals surface area contributed by atoms with Crippen LogP contribution >= 0.6 is 0 Å². The Kier molecular flexibility index (Phi) is 7.26. The lowest BCUT2D eigenvalue weighted by molar-refractivity contribution is -0.164. The van der Waals surface area contributed by atoms with Crippen LogP contribution in [0.25, 0.3) is 0 Å². The standard InChI is InChI=1S/C18H19F3N2O6S/c1-22(2)30(26,27)15-7-5-13(6-8-15)17(25)29-11-16(24)23(12-18(19,20)21)10-14-4-3-9-28-14/h3-9H,10-12H2,1-2H3. The molecule has 0 aliphatic rings. The maximum absolute atomic E-state index is 12.8. The van der Waals surface area contributed by atoms with Crippen LogP contribution in [-0.2, 0) is 26.1 Å². The van der Waals surface area contributed by atoms with Crippen LogP contribution in [0.2, 0.25) is 0 Å². The molecule has 8 nitrogen and oxygen atoms in total. The molecule has 0 saturated heterocycles. The molecule has 0 radical (unpaired) electrons. The van der Waals surface area contributed by atoms with Gasteiger partial charge in [-0.2, -0.15) is 13.2 Å². The van der Waals surface area contributed by atoms with E-state index in [1.165, 1.54) is 56.8 Å². The van der Waals surface area contributed by atoms with Gasteiger partial charge in [-0.15, -0.1) is 0 Å². The van der Waals surface area contributed by atoms with Crippen LogP contribution in [0.3, 0.4) is 0 Å². The van der Waals surface area contributed by atoms with Crippen molar-refractivity contribution >= 4 is 21.9 Å². The summed E-state index contributed by atoms with van der Waals surface area (Å²) in [5.41, 5.74) is -0.0612. The van der Waals surface area contributed by atoms with Gasteiger partial charge in [0, 0.05) is 14.1 Å². The maximum atomic E-state index is 12.8. The first-order valence-corrected chi connectivity index (χ1v) is 9.91. The number of esters is 1. The minimum Gasteiger partial charge on any atom is -0.467 e. The third kappa shape index (κ3) is 6.32. The highest BCUT2D eigenvalue weighted by Crippen LogP contribution is 2.19. The molecule has 1 aromatic carbocycles. The Morgan fingerprint density at radius 1 is 1.10 bits per heavy atom. The number of alkyl halides is 3. The van der Waals surface area contributed by atoms with E-state index in [2.05, 4.69) is 0 Å². The number of benzene rings is 1. The van der Waals surface area contributed by atoms with E-state index in [-0.39, 0.29) is 16.2 Å². The molecule has 0 bridgehead atoms. The minimum absolute atomic E-state index is 0.0603. The Hall–Kier alpha value is -2.86. The molecule has 2 aromatic rings.